The second kappa shape index (κ2) is 8.00. The number of carbonyl (C=O) groups excluding carboxylic acids is 1. The Morgan fingerprint density at radius 1 is 1.43 bits per heavy atom. The van der Waals surface area contributed by atoms with Crippen LogP contribution in [-0.2, 0) is 4.79 Å². The van der Waals surface area contributed by atoms with Gasteiger partial charge in [-0.1, -0.05) is 19.1 Å². The van der Waals surface area contributed by atoms with Crippen molar-refractivity contribution in [3.05, 3.63) is 24.3 Å². The van der Waals surface area contributed by atoms with Gasteiger partial charge in [-0.15, -0.1) is 0 Å². The van der Waals surface area contributed by atoms with Crippen LogP contribution in [0.2, 0.25) is 0 Å². The predicted octanol–water partition coefficient (Wildman–Crippen LogP) is 1.71. The van der Waals surface area contributed by atoms with Crippen LogP contribution >= 0.6 is 0 Å². The van der Waals surface area contributed by atoms with Crippen molar-refractivity contribution in [3.63, 3.8) is 0 Å². The Hall–Kier alpha value is -1.59. The van der Waals surface area contributed by atoms with Gasteiger partial charge in [0.1, 0.15) is 5.75 Å². The van der Waals surface area contributed by atoms with Crippen molar-refractivity contribution in [1.29, 1.82) is 0 Å². The number of likely N-dealkylation sites (tertiary alicyclic amines) is 1. The van der Waals surface area contributed by atoms with Crippen molar-refractivity contribution in [2.24, 2.45) is 0 Å². The van der Waals surface area contributed by atoms with E-state index in [-0.39, 0.29) is 5.91 Å². The number of nitrogens with zero attached hydrogens (tertiary/aromatic N) is 1. The molecular formula is C16H25N3O2. The van der Waals surface area contributed by atoms with Crippen molar-refractivity contribution in [2.45, 2.75) is 25.8 Å². The smallest absolute Gasteiger partial charge is 0.238 e. The lowest BCUT2D eigenvalue weighted by Gasteiger charge is -2.32. The van der Waals surface area contributed by atoms with E-state index in [4.69, 9.17) is 4.74 Å². The van der Waals surface area contributed by atoms with Crippen LogP contribution in [-0.4, -0.2) is 50.1 Å². The zero-order valence-corrected chi connectivity index (χ0v) is 12.9. The number of rotatable bonds is 6. The highest BCUT2D eigenvalue weighted by atomic mass is 16.5. The molecule has 1 aliphatic rings. The molecule has 116 valence electrons. The molecule has 1 saturated heterocycles. The molecule has 2 N–H and O–H groups in total. The molecule has 1 unspecified atom stereocenters. The van der Waals surface area contributed by atoms with Crippen LogP contribution in [0.5, 0.6) is 5.75 Å². The Labute approximate surface area is 126 Å². The van der Waals surface area contributed by atoms with E-state index in [0.717, 1.165) is 31.7 Å². The molecular weight excluding hydrogens is 266 g/mol. The van der Waals surface area contributed by atoms with Gasteiger partial charge >= 0.3 is 0 Å². The summed E-state index contributed by atoms with van der Waals surface area (Å²) in [6.07, 6.45) is 2.33. The maximum atomic E-state index is 12.2. The first-order valence-electron chi connectivity index (χ1n) is 7.61. The number of likely N-dealkylation sites (N-methyl/N-ethyl adjacent to an activating group) is 1. The Bertz CT molecular complexity index is 463. The third kappa shape index (κ3) is 4.72. The van der Waals surface area contributed by atoms with Crippen LogP contribution in [0.4, 0.5) is 5.69 Å². The molecule has 1 fully saturated rings. The summed E-state index contributed by atoms with van der Waals surface area (Å²) in [7, 11) is 1.61. The lowest BCUT2D eigenvalue weighted by Crippen LogP contribution is -2.47. The van der Waals surface area contributed by atoms with Gasteiger partial charge in [-0.05, 0) is 38.1 Å². The number of hydrogen-bond acceptors (Lipinski definition) is 4. The van der Waals surface area contributed by atoms with Gasteiger partial charge in [0.2, 0.25) is 5.91 Å². The fourth-order valence-electron chi connectivity index (χ4n) is 2.80. The summed E-state index contributed by atoms with van der Waals surface area (Å²) in [6.45, 7) is 5.45. The Balaban J connectivity index is 1.86. The monoisotopic (exact) mass is 291 g/mol. The predicted molar refractivity (Wildman–Crippen MR) is 84.8 cm³/mol. The molecule has 0 saturated carbocycles. The van der Waals surface area contributed by atoms with E-state index in [2.05, 4.69) is 22.5 Å². The third-order valence-corrected chi connectivity index (χ3v) is 3.75. The molecule has 0 radical (unpaired) electrons. The first kappa shape index (κ1) is 15.8. The zero-order chi connectivity index (χ0) is 15.1. The SMILES string of the molecule is CCNC1CCCN(CC(=O)Nc2ccccc2OC)C1. The van der Waals surface area contributed by atoms with Crippen molar-refractivity contribution in [3.8, 4) is 5.75 Å². The molecule has 0 spiro atoms. The van der Waals surface area contributed by atoms with Crippen LogP contribution in [0.15, 0.2) is 24.3 Å². The second-order valence-corrected chi connectivity index (χ2v) is 5.38. The molecule has 5 heteroatoms. The molecule has 0 aliphatic carbocycles. The molecule has 5 nitrogen and oxygen atoms in total. The van der Waals surface area contributed by atoms with Crippen LogP contribution in [0.3, 0.4) is 0 Å². The van der Waals surface area contributed by atoms with E-state index in [0.29, 0.717) is 18.3 Å². The van der Waals surface area contributed by atoms with Crippen LogP contribution in [0, 0.1) is 0 Å². The first-order valence-corrected chi connectivity index (χ1v) is 7.61. The average molecular weight is 291 g/mol. The van der Waals surface area contributed by atoms with Gasteiger partial charge in [-0.25, -0.2) is 0 Å². The number of ether oxygens (including phenoxy) is 1. The average Bonchev–Trinajstić information content (AvgIpc) is 2.48. The van der Waals surface area contributed by atoms with Gasteiger partial charge < -0.3 is 15.4 Å². The van der Waals surface area contributed by atoms with Crippen molar-refractivity contribution < 1.29 is 9.53 Å². The number of para-hydroxylation sites is 2. The summed E-state index contributed by atoms with van der Waals surface area (Å²) >= 11 is 0. The summed E-state index contributed by atoms with van der Waals surface area (Å²) in [6, 6.07) is 7.98. The number of amides is 1. The van der Waals surface area contributed by atoms with Crippen LogP contribution in [0.1, 0.15) is 19.8 Å². The number of carbonyl (C=O) groups is 1. The molecule has 0 bridgehead atoms. The largest absolute Gasteiger partial charge is 0.495 e. The number of benzene rings is 1. The zero-order valence-electron chi connectivity index (χ0n) is 12.9. The molecule has 1 aliphatic heterocycles. The van der Waals surface area contributed by atoms with Gasteiger partial charge in [0, 0.05) is 12.6 Å². The third-order valence-electron chi connectivity index (χ3n) is 3.75. The fraction of sp³-hybridized carbons (Fsp3) is 0.562. The number of nitrogens with one attached hydrogen (secondary N) is 2. The second-order valence-electron chi connectivity index (χ2n) is 5.38. The highest BCUT2D eigenvalue weighted by molar-refractivity contribution is 5.93. The number of methoxy groups -OCH3 is 1. The van der Waals surface area contributed by atoms with E-state index in [1.807, 2.05) is 24.3 Å². The van der Waals surface area contributed by atoms with E-state index in [1.165, 1.54) is 6.42 Å². The summed E-state index contributed by atoms with van der Waals surface area (Å²) in [5.41, 5.74) is 0.727. The Morgan fingerprint density at radius 2 is 2.24 bits per heavy atom. The molecule has 21 heavy (non-hydrogen) atoms. The minimum absolute atomic E-state index is 0.0108. The van der Waals surface area contributed by atoms with Crippen molar-refractivity contribution in [1.82, 2.24) is 10.2 Å². The molecule has 1 aromatic rings. The lowest BCUT2D eigenvalue weighted by molar-refractivity contribution is -0.117. The highest BCUT2D eigenvalue weighted by Gasteiger charge is 2.21. The molecule has 1 heterocycles. The Morgan fingerprint density at radius 3 is 3.00 bits per heavy atom. The van der Waals surface area contributed by atoms with Gasteiger partial charge in [0.05, 0.1) is 19.3 Å². The highest BCUT2D eigenvalue weighted by Crippen LogP contribution is 2.23. The van der Waals surface area contributed by atoms with Crippen molar-refractivity contribution >= 4 is 11.6 Å². The topological polar surface area (TPSA) is 53.6 Å². The minimum Gasteiger partial charge on any atom is -0.495 e. The van der Waals surface area contributed by atoms with E-state index >= 15 is 0 Å². The standard InChI is InChI=1S/C16H25N3O2/c1-3-17-13-7-6-10-19(11-13)12-16(20)18-14-8-4-5-9-15(14)21-2/h4-5,8-9,13,17H,3,6-7,10-12H2,1-2H3,(H,18,20). The summed E-state index contributed by atoms with van der Waals surface area (Å²) in [4.78, 5) is 14.4. The summed E-state index contributed by atoms with van der Waals surface area (Å²) < 4.78 is 5.25. The van der Waals surface area contributed by atoms with Crippen LogP contribution < -0.4 is 15.4 Å². The maximum Gasteiger partial charge on any atom is 0.238 e. The molecule has 2 rings (SSSR count). The number of hydrogen-bond donors (Lipinski definition) is 2. The Kier molecular flexibility index (Phi) is 6.02. The fourth-order valence-corrected chi connectivity index (χ4v) is 2.80. The quantitative estimate of drug-likeness (QED) is 0.838. The molecule has 0 aromatic heterocycles. The summed E-state index contributed by atoms with van der Waals surface area (Å²) in [5, 5.41) is 6.39. The van der Waals surface area contributed by atoms with Crippen LogP contribution in [0.25, 0.3) is 0 Å². The van der Waals surface area contributed by atoms with E-state index < -0.39 is 0 Å². The number of piperidine rings is 1. The maximum absolute atomic E-state index is 12.2. The number of anilines is 1. The van der Waals surface area contributed by atoms with E-state index in [1.54, 1.807) is 7.11 Å². The summed E-state index contributed by atoms with van der Waals surface area (Å²) in [5.74, 6) is 0.701. The van der Waals surface area contributed by atoms with E-state index in [9.17, 15) is 4.79 Å². The molecule has 1 amide bonds. The molecule has 1 atom stereocenters. The van der Waals surface area contributed by atoms with Gasteiger partial charge in [0.25, 0.3) is 0 Å². The normalized spacial score (nSPS) is 19.2. The van der Waals surface area contributed by atoms with Crippen molar-refractivity contribution in [2.75, 3.05) is 38.6 Å². The molecule has 1 aromatic carbocycles. The van der Waals surface area contributed by atoms with Gasteiger partial charge in [-0.2, -0.15) is 0 Å². The first-order chi connectivity index (χ1) is 10.2. The lowest BCUT2D eigenvalue weighted by atomic mass is 10.1. The minimum atomic E-state index is 0.0108. The van der Waals surface area contributed by atoms with Gasteiger partial charge in [0.15, 0.2) is 0 Å². The van der Waals surface area contributed by atoms with Gasteiger partial charge in [-0.3, -0.25) is 9.69 Å².